The van der Waals surface area contributed by atoms with E-state index >= 15 is 0 Å². The van der Waals surface area contributed by atoms with Crippen molar-refractivity contribution in [2.24, 2.45) is 0 Å². The minimum atomic E-state index is -2.59. The number of hydrogen-bond acceptors (Lipinski definition) is 8. The predicted molar refractivity (Wildman–Crippen MR) is 132 cm³/mol. The number of allylic oxidation sites excluding steroid dienone is 2. The summed E-state index contributed by atoms with van der Waals surface area (Å²) in [5.41, 5.74) is 0.691. The van der Waals surface area contributed by atoms with Crippen LogP contribution in [0, 0.1) is 0 Å². The highest BCUT2D eigenvalue weighted by atomic mass is 35.5. The van der Waals surface area contributed by atoms with Crippen LogP contribution in [0.25, 0.3) is 0 Å². The van der Waals surface area contributed by atoms with E-state index in [1.807, 2.05) is 0 Å². The van der Waals surface area contributed by atoms with Gasteiger partial charge in [-0.15, -0.1) is 0 Å². The summed E-state index contributed by atoms with van der Waals surface area (Å²) in [6.45, 7) is 2.94. The molecule has 1 unspecified atom stereocenters. The lowest BCUT2D eigenvalue weighted by Crippen LogP contribution is -2.39. The smallest absolute Gasteiger partial charge is 0.277 e. The first kappa shape index (κ1) is 24.7. The van der Waals surface area contributed by atoms with E-state index in [1.165, 1.54) is 30.6 Å². The summed E-state index contributed by atoms with van der Waals surface area (Å²) in [6.07, 6.45) is 5.26. The number of anilines is 2. The minimum absolute atomic E-state index is 0.00233. The van der Waals surface area contributed by atoms with Gasteiger partial charge in [0.25, 0.3) is 11.8 Å². The maximum absolute atomic E-state index is 13.3. The third kappa shape index (κ3) is 5.82. The second-order valence-corrected chi connectivity index (χ2v) is 9.22. The third-order valence-corrected chi connectivity index (χ3v) is 6.57. The first-order valence-corrected chi connectivity index (χ1v) is 12.2. The number of nitrogens with zero attached hydrogens (tertiary/aromatic N) is 2. The molecule has 2 aromatic rings. The lowest BCUT2D eigenvalue weighted by molar-refractivity contribution is -0.114. The molecule has 2 atom stereocenters. The second-order valence-electron chi connectivity index (χ2n) is 7.87. The van der Waals surface area contributed by atoms with Crippen molar-refractivity contribution in [1.82, 2.24) is 15.3 Å². The Balaban J connectivity index is 1.59. The molecule has 4 rings (SSSR count). The van der Waals surface area contributed by atoms with Crippen molar-refractivity contribution in [3.8, 4) is 0 Å². The van der Waals surface area contributed by atoms with E-state index < -0.39 is 28.2 Å². The molecule has 1 fully saturated rings. The zero-order valence-electron chi connectivity index (χ0n) is 18.6. The molecule has 2 aliphatic rings. The van der Waals surface area contributed by atoms with E-state index in [9.17, 15) is 18.0 Å². The molecule has 0 bridgehead atoms. The molecule has 2 aromatic heterocycles. The summed E-state index contributed by atoms with van der Waals surface area (Å²) in [5, 5.41) is 8.85. The van der Waals surface area contributed by atoms with Crippen LogP contribution in [0.15, 0.2) is 60.0 Å². The SMILES string of the molecule is CC1=CC=C(C(=O)Nc2cccnc2C(=O)Nc2ccc(Cl)cn2)[C@@H](OC2CCNC2)C1=S(=O)=O. The molecular formula is C23H22ClN5O5S. The number of ether oxygens (including phenoxy) is 1. The van der Waals surface area contributed by atoms with E-state index in [1.54, 1.807) is 25.1 Å². The van der Waals surface area contributed by atoms with Crippen molar-refractivity contribution in [2.75, 3.05) is 23.7 Å². The third-order valence-electron chi connectivity index (χ3n) is 5.45. The number of aromatic nitrogens is 2. The Morgan fingerprint density at radius 3 is 2.66 bits per heavy atom. The topological polar surface area (TPSA) is 139 Å². The highest BCUT2D eigenvalue weighted by Crippen LogP contribution is 2.25. The number of nitrogens with one attached hydrogen (secondary N) is 3. The van der Waals surface area contributed by atoms with Gasteiger partial charge in [-0.2, -0.15) is 8.42 Å². The Bertz CT molecular complexity index is 1340. The quantitative estimate of drug-likeness (QED) is 0.496. The van der Waals surface area contributed by atoms with Crippen molar-refractivity contribution in [3.05, 3.63) is 70.7 Å². The van der Waals surface area contributed by atoms with Crippen LogP contribution in [0.1, 0.15) is 23.8 Å². The van der Waals surface area contributed by atoms with Crippen molar-refractivity contribution >= 4 is 50.1 Å². The van der Waals surface area contributed by atoms with Gasteiger partial charge in [-0.3, -0.25) is 9.59 Å². The molecule has 3 heterocycles. The lowest BCUT2D eigenvalue weighted by Gasteiger charge is -2.27. The monoisotopic (exact) mass is 515 g/mol. The van der Waals surface area contributed by atoms with Crippen LogP contribution in [0.3, 0.4) is 0 Å². The summed E-state index contributed by atoms with van der Waals surface area (Å²) >= 11 is 5.83. The molecule has 1 saturated heterocycles. The van der Waals surface area contributed by atoms with Crippen LogP contribution >= 0.6 is 11.6 Å². The highest BCUT2D eigenvalue weighted by Gasteiger charge is 2.34. The minimum Gasteiger partial charge on any atom is -0.363 e. The molecule has 0 spiro atoms. The highest BCUT2D eigenvalue weighted by molar-refractivity contribution is 7.73. The molecule has 10 nitrogen and oxygen atoms in total. The van der Waals surface area contributed by atoms with E-state index in [0.29, 0.717) is 23.6 Å². The summed E-state index contributed by atoms with van der Waals surface area (Å²) in [6, 6.07) is 6.19. The normalized spacial score (nSPS) is 19.5. The van der Waals surface area contributed by atoms with Crippen molar-refractivity contribution in [3.63, 3.8) is 0 Å². The maximum Gasteiger partial charge on any atom is 0.277 e. The van der Waals surface area contributed by atoms with Gasteiger partial charge in [0.1, 0.15) is 16.8 Å². The van der Waals surface area contributed by atoms with Gasteiger partial charge in [-0.05, 0) is 49.7 Å². The van der Waals surface area contributed by atoms with Crippen LogP contribution < -0.4 is 16.0 Å². The second kappa shape index (κ2) is 10.9. The maximum atomic E-state index is 13.3. The molecule has 182 valence electrons. The van der Waals surface area contributed by atoms with Crippen molar-refractivity contribution < 1.29 is 22.7 Å². The molecule has 1 aliphatic heterocycles. The summed E-state index contributed by atoms with van der Waals surface area (Å²) in [5.74, 6) is -0.949. The number of halogens is 1. The van der Waals surface area contributed by atoms with E-state index in [2.05, 4.69) is 25.9 Å². The van der Waals surface area contributed by atoms with Crippen LogP contribution in [0.2, 0.25) is 5.02 Å². The average Bonchev–Trinajstić information content (AvgIpc) is 3.34. The zero-order chi connectivity index (χ0) is 24.9. The van der Waals surface area contributed by atoms with Gasteiger partial charge < -0.3 is 20.7 Å². The Hall–Kier alpha value is -3.38. The Morgan fingerprint density at radius 2 is 1.97 bits per heavy atom. The van der Waals surface area contributed by atoms with Gasteiger partial charge in [0.2, 0.25) is 10.3 Å². The zero-order valence-corrected chi connectivity index (χ0v) is 20.2. The molecule has 0 radical (unpaired) electrons. The van der Waals surface area contributed by atoms with E-state index in [-0.39, 0.29) is 33.7 Å². The fraction of sp³-hybridized carbons (Fsp3) is 0.261. The van der Waals surface area contributed by atoms with Gasteiger partial charge in [0.05, 0.1) is 22.4 Å². The molecule has 1 aliphatic carbocycles. The van der Waals surface area contributed by atoms with Crippen LogP contribution in [0.4, 0.5) is 11.5 Å². The number of rotatable bonds is 6. The number of hydrogen-bond donors (Lipinski definition) is 3. The molecule has 3 N–H and O–H groups in total. The number of pyridine rings is 2. The molecule has 35 heavy (non-hydrogen) atoms. The fourth-order valence-corrected chi connectivity index (χ4v) is 4.52. The lowest BCUT2D eigenvalue weighted by atomic mass is 9.95. The van der Waals surface area contributed by atoms with Crippen molar-refractivity contribution in [1.29, 1.82) is 0 Å². The molecule has 2 amide bonds. The predicted octanol–water partition coefficient (Wildman–Crippen LogP) is 2.01. The molecule has 0 saturated carbocycles. The number of carbonyl (C=O) groups is 2. The van der Waals surface area contributed by atoms with Crippen LogP contribution in [0.5, 0.6) is 0 Å². The van der Waals surface area contributed by atoms with Crippen LogP contribution in [-0.2, 0) is 19.8 Å². The Labute approximate surface area is 208 Å². The first-order chi connectivity index (χ1) is 16.8. The van der Waals surface area contributed by atoms with Gasteiger partial charge in [-0.1, -0.05) is 23.8 Å². The molecule has 0 aromatic carbocycles. The number of amides is 2. The first-order valence-electron chi connectivity index (χ1n) is 10.7. The van der Waals surface area contributed by atoms with Gasteiger partial charge >= 0.3 is 0 Å². The molecule has 12 heteroatoms. The van der Waals surface area contributed by atoms with E-state index in [0.717, 1.165) is 6.54 Å². The molecular weight excluding hydrogens is 494 g/mol. The van der Waals surface area contributed by atoms with Crippen LogP contribution in [-0.4, -0.2) is 60.4 Å². The fourth-order valence-electron chi connectivity index (χ4n) is 3.72. The summed E-state index contributed by atoms with van der Waals surface area (Å²) in [4.78, 5) is 34.2. The average molecular weight is 516 g/mol. The summed E-state index contributed by atoms with van der Waals surface area (Å²) in [7, 11) is -2.59. The number of carbonyl (C=O) groups excluding carboxylic acids is 2. The van der Waals surface area contributed by atoms with Gasteiger partial charge in [-0.25, -0.2) is 9.97 Å². The Kier molecular flexibility index (Phi) is 7.71. The van der Waals surface area contributed by atoms with E-state index in [4.69, 9.17) is 16.3 Å². The largest absolute Gasteiger partial charge is 0.363 e. The van der Waals surface area contributed by atoms with Gasteiger partial charge in [0, 0.05) is 18.9 Å². The summed E-state index contributed by atoms with van der Waals surface area (Å²) < 4.78 is 30.1. The standard InChI is InChI=1S/C23H22ClN5O5S/c1-13-4-6-16(20(21(13)35(32)33)34-15-8-10-25-12-15)22(30)28-17-3-2-9-26-19(17)23(31)29-18-7-5-14(24)11-27-18/h2-7,9,11,15,20,25H,8,10,12H2,1H3,(H,28,30)(H,27,29,31)/t15?,20-/m1/s1. The van der Waals surface area contributed by atoms with Gasteiger partial charge in [0.15, 0.2) is 5.69 Å². The van der Waals surface area contributed by atoms with Crippen molar-refractivity contribution in [2.45, 2.75) is 25.6 Å². The Morgan fingerprint density at radius 1 is 1.14 bits per heavy atom.